The van der Waals surface area contributed by atoms with E-state index in [9.17, 15) is 18.8 Å². The minimum atomic E-state index is -1.42. The summed E-state index contributed by atoms with van der Waals surface area (Å²) < 4.78 is 17.1. The van der Waals surface area contributed by atoms with Gasteiger partial charge in [0.25, 0.3) is 0 Å². The molecule has 1 N–H and O–H groups in total. The monoisotopic (exact) mass is 253 g/mol. The van der Waals surface area contributed by atoms with E-state index in [1.807, 2.05) is 0 Å². The van der Waals surface area contributed by atoms with Gasteiger partial charge in [0.2, 0.25) is 5.91 Å². The van der Waals surface area contributed by atoms with Crippen molar-refractivity contribution in [3.05, 3.63) is 35.6 Å². The zero-order chi connectivity index (χ0) is 13.7. The number of carbonyl (C=O) groups excluding carboxylic acids is 3. The second-order valence-corrected chi connectivity index (χ2v) is 3.53. The van der Waals surface area contributed by atoms with Crippen LogP contribution in [0.3, 0.4) is 0 Å². The van der Waals surface area contributed by atoms with Gasteiger partial charge < -0.3 is 10.1 Å². The maximum Gasteiger partial charge on any atom is 0.336 e. The number of hydrogen-bond donors (Lipinski definition) is 1. The zero-order valence-corrected chi connectivity index (χ0v) is 9.90. The Hall–Kier alpha value is -2.24. The topological polar surface area (TPSA) is 72.5 Å². The molecule has 0 spiro atoms. The summed E-state index contributed by atoms with van der Waals surface area (Å²) in [5, 5.41) is 2.19. The average Bonchev–Trinajstić information content (AvgIpc) is 2.35. The molecule has 96 valence electrons. The molecular weight excluding hydrogens is 241 g/mol. The van der Waals surface area contributed by atoms with Gasteiger partial charge in [0.1, 0.15) is 5.82 Å². The SMILES string of the molecule is COC(=O)C(NC(C)=O)C(=O)c1ccc(F)cc1. The van der Waals surface area contributed by atoms with Crippen molar-refractivity contribution in [1.82, 2.24) is 5.32 Å². The lowest BCUT2D eigenvalue weighted by atomic mass is 10.0. The van der Waals surface area contributed by atoms with Gasteiger partial charge in [-0.25, -0.2) is 9.18 Å². The lowest BCUT2D eigenvalue weighted by Crippen LogP contribution is -2.46. The molecule has 1 aromatic rings. The van der Waals surface area contributed by atoms with Crippen molar-refractivity contribution in [2.75, 3.05) is 7.11 Å². The van der Waals surface area contributed by atoms with Crippen LogP contribution in [0.1, 0.15) is 17.3 Å². The van der Waals surface area contributed by atoms with Crippen molar-refractivity contribution in [3.63, 3.8) is 0 Å². The van der Waals surface area contributed by atoms with Gasteiger partial charge in [-0.05, 0) is 24.3 Å². The number of halogens is 1. The van der Waals surface area contributed by atoms with Gasteiger partial charge in [-0.3, -0.25) is 9.59 Å². The minimum Gasteiger partial charge on any atom is -0.467 e. The number of amides is 1. The maximum atomic E-state index is 12.7. The van der Waals surface area contributed by atoms with Gasteiger partial charge in [0.15, 0.2) is 11.8 Å². The lowest BCUT2D eigenvalue weighted by Gasteiger charge is -2.14. The summed E-state index contributed by atoms with van der Waals surface area (Å²) in [5.74, 6) is -2.57. The Bertz CT molecular complexity index is 469. The van der Waals surface area contributed by atoms with Crippen LogP contribution in [0.2, 0.25) is 0 Å². The Balaban J connectivity index is 2.98. The fourth-order valence-electron chi connectivity index (χ4n) is 1.33. The molecular formula is C12H12FNO4. The molecule has 0 bridgehead atoms. The molecule has 18 heavy (non-hydrogen) atoms. The van der Waals surface area contributed by atoms with Crippen molar-refractivity contribution in [3.8, 4) is 0 Å². The van der Waals surface area contributed by atoms with Crippen LogP contribution in [0, 0.1) is 5.82 Å². The quantitative estimate of drug-likeness (QED) is 0.486. The summed E-state index contributed by atoms with van der Waals surface area (Å²) in [4.78, 5) is 34.3. The van der Waals surface area contributed by atoms with Crippen LogP contribution >= 0.6 is 0 Å². The summed E-state index contributed by atoms with van der Waals surface area (Å²) in [6.07, 6.45) is 0. The van der Waals surface area contributed by atoms with Crippen LogP contribution in [-0.2, 0) is 14.3 Å². The molecule has 1 aromatic carbocycles. The highest BCUT2D eigenvalue weighted by atomic mass is 19.1. The highest BCUT2D eigenvalue weighted by Crippen LogP contribution is 2.07. The fraction of sp³-hybridized carbons (Fsp3) is 0.250. The number of nitrogens with one attached hydrogen (secondary N) is 1. The molecule has 0 aliphatic rings. The first kappa shape index (κ1) is 13.8. The molecule has 0 radical (unpaired) electrons. The van der Waals surface area contributed by atoms with E-state index < -0.39 is 29.5 Å². The molecule has 1 unspecified atom stereocenters. The van der Waals surface area contributed by atoms with E-state index in [4.69, 9.17) is 0 Å². The first-order valence-corrected chi connectivity index (χ1v) is 5.10. The van der Waals surface area contributed by atoms with Crippen LogP contribution in [0.25, 0.3) is 0 Å². The van der Waals surface area contributed by atoms with E-state index in [1.165, 1.54) is 19.1 Å². The van der Waals surface area contributed by atoms with Crippen LogP contribution in [0.5, 0.6) is 0 Å². The van der Waals surface area contributed by atoms with E-state index in [0.29, 0.717) is 0 Å². The molecule has 1 amide bonds. The smallest absolute Gasteiger partial charge is 0.336 e. The standard InChI is InChI=1S/C12H12FNO4/c1-7(15)14-10(12(17)18-2)11(16)8-3-5-9(13)6-4-8/h3-6,10H,1-2H3,(H,14,15). The van der Waals surface area contributed by atoms with E-state index in [1.54, 1.807) is 0 Å². The molecule has 1 atom stereocenters. The van der Waals surface area contributed by atoms with E-state index in [2.05, 4.69) is 10.1 Å². The molecule has 0 fully saturated rings. The third-order valence-electron chi connectivity index (χ3n) is 2.18. The number of benzene rings is 1. The van der Waals surface area contributed by atoms with Gasteiger partial charge in [0.05, 0.1) is 7.11 Å². The maximum absolute atomic E-state index is 12.7. The molecule has 1 rings (SSSR count). The summed E-state index contributed by atoms with van der Waals surface area (Å²) in [7, 11) is 1.11. The largest absolute Gasteiger partial charge is 0.467 e. The Morgan fingerprint density at radius 1 is 1.22 bits per heavy atom. The van der Waals surface area contributed by atoms with Crippen LogP contribution in [0.4, 0.5) is 4.39 Å². The number of ketones is 1. The van der Waals surface area contributed by atoms with Gasteiger partial charge in [-0.15, -0.1) is 0 Å². The molecule has 6 heteroatoms. The van der Waals surface area contributed by atoms with Crippen LogP contribution < -0.4 is 5.32 Å². The Morgan fingerprint density at radius 2 is 1.78 bits per heavy atom. The van der Waals surface area contributed by atoms with Crippen molar-refractivity contribution in [2.45, 2.75) is 13.0 Å². The number of methoxy groups -OCH3 is 1. The fourth-order valence-corrected chi connectivity index (χ4v) is 1.33. The number of hydrogen-bond acceptors (Lipinski definition) is 4. The normalized spacial score (nSPS) is 11.5. The zero-order valence-electron chi connectivity index (χ0n) is 9.90. The average molecular weight is 253 g/mol. The van der Waals surface area contributed by atoms with Crippen molar-refractivity contribution in [2.24, 2.45) is 0 Å². The molecule has 5 nitrogen and oxygen atoms in total. The minimum absolute atomic E-state index is 0.112. The van der Waals surface area contributed by atoms with E-state index >= 15 is 0 Å². The van der Waals surface area contributed by atoms with Gasteiger partial charge in [0, 0.05) is 12.5 Å². The predicted octanol–water partition coefficient (Wildman–Crippen LogP) is 0.686. The van der Waals surface area contributed by atoms with Crippen LogP contribution in [-0.4, -0.2) is 30.8 Å². The highest BCUT2D eigenvalue weighted by molar-refractivity contribution is 6.13. The van der Waals surface area contributed by atoms with Crippen molar-refractivity contribution >= 4 is 17.7 Å². The van der Waals surface area contributed by atoms with Gasteiger partial charge in [-0.1, -0.05) is 0 Å². The molecule has 0 heterocycles. The van der Waals surface area contributed by atoms with Crippen molar-refractivity contribution < 1.29 is 23.5 Å². The first-order chi connectivity index (χ1) is 8.45. The van der Waals surface area contributed by atoms with Gasteiger partial charge >= 0.3 is 5.97 Å². The first-order valence-electron chi connectivity index (χ1n) is 5.10. The highest BCUT2D eigenvalue weighted by Gasteiger charge is 2.29. The second-order valence-electron chi connectivity index (χ2n) is 3.53. The molecule has 0 aliphatic carbocycles. The van der Waals surface area contributed by atoms with Crippen LogP contribution in [0.15, 0.2) is 24.3 Å². The summed E-state index contributed by atoms with van der Waals surface area (Å²) in [6.45, 7) is 1.17. The molecule has 0 aliphatic heterocycles. The Labute approximate surface area is 103 Å². The summed E-state index contributed by atoms with van der Waals surface area (Å²) in [5.41, 5.74) is 0.112. The molecule has 0 aromatic heterocycles. The Kier molecular flexibility index (Phi) is 4.53. The van der Waals surface area contributed by atoms with E-state index in [-0.39, 0.29) is 5.56 Å². The predicted molar refractivity (Wildman–Crippen MR) is 60.4 cm³/mol. The molecule has 0 saturated carbocycles. The number of carbonyl (C=O) groups is 3. The number of esters is 1. The summed E-state index contributed by atoms with van der Waals surface area (Å²) in [6, 6.07) is 3.23. The van der Waals surface area contributed by atoms with Gasteiger partial charge in [-0.2, -0.15) is 0 Å². The van der Waals surface area contributed by atoms with Crippen molar-refractivity contribution in [1.29, 1.82) is 0 Å². The number of Topliss-reactive ketones (excluding diaryl/α,β-unsaturated/α-hetero) is 1. The number of rotatable bonds is 4. The third-order valence-corrected chi connectivity index (χ3v) is 2.18. The second kappa shape index (κ2) is 5.90. The number of ether oxygens (including phenoxy) is 1. The Morgan fingerprint density at radius 3 is 2.22 bits per heavy atom. The lowest BCUT2D eigenvalue weighted by molar-refractivity contribution is -0.143. The third kappa shape index (κ3) is 3.38. The molecule has 0 saturated heterocycles. The summed E-state index contributed by atoms with van der Waals surface area (Å²) >= 11 is 0. The van der Waals surface area contributed by atoms with E-state index in [0.717, 1.165) is 19.2 Å².